The summed E-state index contributed by atoms with van der Waals surface area (Å²) >= 11 is 0. The molecule has 4 nitrogen and oxygen atoms in total. The maximum absolute atomic E-state index is 10.1. The molecule has 1 aromatic rings. The van der Waals surface area contributed by atoms with Crippen molar-refractivity contribution in [2.45, 2.75) is 25.9 Å². The molecule has 0 bridgehead atoms. The van der Waals surface area contributed by atoms with E-state index in [4.69, 9.17) is 10.5 Å². The molecule has 2 unspecified atom stereocenters. The summed E-state index contributed by atoms with van der Waals surface area (Å²) in [5.74, 6) is 0.649. The fraction of sp³-hybridized carbons (Fsp3) is 0.583. The third-order valence-electron chi connectivity index (χ3n) is 2.72. The molecule has 0 aliphatic rings. The van der Waals surface area contributed by atoms with Crippen LogP contribution in [0.2, 0.25) is 0 Å². The Bertz CT molecular complexity index is 300. The van der Waals surface area contributed by atoms with Crippen molar-refractivity contribution in [3.05, 3.63) is 23.9 Å². The van der Waals surface area contributed by atoms with Crippen LogP contribution in [0.1, 0.15) is 31.4 Å². The number of ether oxygens (including phenoxy) is 1. The van der Waals surface area contributed by atoms with E-state index in [0.29, 0.717) is 12.4 Å². The number of hydrogen-bond donors (Lipinski definition) is 2. The van der Waals surface area contributed by atoms with Gasteiger partial charge in [0.05, 0.1) is 13.2 Å². The Labute approximate surface area is 96.5 Å². The monoisotopic (exact) mass is 224 g/mol. The van der Waals surface area contributed by atoms with E-state index in [2.05, 4.69) is 11.9 Å². The van der Waals surface area contributed by atoms with Crippen LogP contribution in [0.15, 0.2) is 18.3 Å². The van der Waals surface area contributed by atoms with E-state index < -0.39 is 6.10 Å². The SMILES string of the molecule is CCCC(CN)C(O)c1ccc(OC)nc1. The first kappa shape index (κ1) is 12.9. The van der Waals surface area contributed by atoms with Crippen molar-refractivity contribution in [1.29, 1.82) is 0 Å². The summed E-state index contributed by atoms with van der Waals surface area (Å²) in [6.07, 6.45) is 3.04. The van der Waals surface area contributed by atoms with Gasteiger partial charge in [-0.25, -0.2) is 4.98 Å². The topological polar surface area (TPSA) is 68.4 Å². The summed E-state index contributed by atoms with van der Waals surface area (Å²) in [6, 6.07) is 3.58. The van der Waals surface area contributed by atoms with Crippen LogP contribution in [-0.2, 0) is 0 Å². The summed E-state index contributed by atoms with van der Waals surface area (Å²) < 4.78 is 4.97. The van der Waals surface area contributed by atoms with Crippen LogP contribution in [0.5, 0.6) is 5.88 Å². The van der Waals surface area contributed by atoms with Gasteiger partial charge in [-0.1, -0.05) is 13.3 Å². The number of pyridine rings is 1. The van der Waals surface area contributed by atoms with Crippen LogP contribution in [-0.4, -0.2) is 23.7 Å². The van der Waals surface area contributed by atoms with Crippen molar-refractivity contribution in [2.24, 2.45) is 11.7 Å². The Balaban J connectivity index is 2.73. The molecule has 1 aromatic heterocycles. The van der Waals surface area contributed by atoms with Crippen LogP contribution < -0.4 is 10.5 Å². The molecule has 0 aromatic carbocycles. The second-order valence-electron chi connectivity index (χ2n) is 3.86. The summed E-state index contributed by atoms with van der Waals surface area (Å²) in [4.78, 5) is 4.07. The van der Waals surface area contributed by atoms with Gasteiger partial charge in [0.1, 0.15) is 0 Å². The largest absolute Gasteiger partial charge is 0.481 e. The molecule has 16 heavy (non-hydrogen) atoms. The predicted octanol–water partition coefficient (Wildman–Crippen LogP) is 1.50. The van der Waals surface area contributed by atoms with Gasteiger partial charge in [0.15, 0.2) is 0 Å². The number of rotatable bonds is 6. The first-order valence-electron chi connectivity index (χ1n) is 5.61. The van der Waals surface area contributed by atoms with Crippen molar-refractivity contribution in [2.75, 3.05) is 13.7 Å². The smallest absolute Gasteiger partial charge is 0.212 e. The molecule has 90 valence electrons. The molecule has 2 atom stereocenters. The minimum absolute atomic E-state index is 0.0974. The summed E-state index contributed by atoms with van der Waals surface area (Å²) in [5.41, 5.74) is 6.44. The van der Waals surface area contributed by atoms with Crippen LogP contribution in [0.3, 0.4) is 0 Å². The average Bonchev–Trinajstić information content (AvgIpc) is 2.35. The highest BCUT2D eigenvalue weighted by Gasteiger charge is 2.18. The van der Waals surface area contributed by atoms with Crippen molar-refractivity contribution >= 4 is 0 Å². The zero-order valence-corrected chi connectivity index (χ0v) is 9.89. The van der Waals surface area contributed by atoms with E-state index in [1.54, 1.807) is 19.4 Å². The third-order valence-corrected chi connectivity index (χ3v) is 2.72. The minimum Gasteiger partial charge on any atom is -0.481 e. The summed E-state index contributed by atoms with van der Waals surface area (Å²) in [5, 5.41) is 10.1. The van der Waals surface area contributed by atoms with Gasteiger partial charge in [0.25, 0.3) is 0 Å². The molecule has 4 heteroatoms. The van der Waals surface area contributed by atoms with Crippen LogP contribution in [0, 0.1) is 5.92 Å². The zero-order chi connectivity index (χ0) is 12.0. The van der Waals surface area contributed by atoms with E-state index >= 15 is 0 Å². The lowest BCUT2D eigenvalue weighted by Gasteiger charge is -2.20. The third kappa shape index (κ3) is 3.18. The van der Waals surface area contributed by atoms with Gasteiger partial charge in [-0.15, -0.1) is 0 Å². The second kappa shape index (κ2) is 6.45. The van der Waals surface area contributed by atoms with Gasteiger partial charge in [-0.05, 0) is 24.6 Å². The maximum Gasteiger partial charge on any atom is 0.212 e. The first-order valence-corrected chi connectivity index (χ1v) is 5.61. The molecule has 1 heterocycles. The lowest BCUT2D eigenvalue weighted by molar-refractivity contribution is 0.106. The fourth-order valence-electron chi connectivity index (χ4n) is 1.74. The lowest BCUT2D eigenvalue weighted by atomic mass is 9.93. The highest BCUT2D eigenvalue weighted by Crippen LogP contribution is 2.25. The van der Waals surface area contributed by atoms with Gasteiger partial charge in [0, 0.05) is 18.2 Å². The number of aliphatic hydroxyl groups is 1. The highest BCUT2D eigenvalue weighted by atomic mass is 16.5. The van der Waals surface area contributed by atoms with Gasteiger partial charge < -0.3 is 15.6 Å². The summed E-state index contributed by atoms with van der Waals surface area (Å²) in [6.45, 7) is 2.57. The van der Waals surface area contributed by atoms with Gasteiger partial charge in [-0.3, -0.25) is 0 Å². The molecule has 0 aliphatic heterocycles. The van der Waals surface area contributed by atoms with E-state index in [0.717, 1.165) is 18.4 Å². The molecule has 0 saturated carbocycles. The van der Waals surface area contributed by atoms with Crippen LogP contribution >= 0.6 is 0 Å². The van der Waals surface area contributed by atoms with Gasteiger partial charge in [-0.2, -0.15) is 0 Å². The number of methoxy groups -OCH3 is 1. The van der Waals surface area contributed by atoms with Crippen molar-refractivity contribution in [1.82, 2.24) is 4.98 Å². The quantitative estimate of drug-likeness (QED) is 0.768. The highest BCUT2D eigenvalue weighted by molar-refractivity contribution is 5.20. The number of aromatic nitrogens is 1. The Morgan fingerprint density at radius 3 is 2.69 bits per heavy atom. The van der Waals surface area contributed by atoms with E-state index in [9.17, 15) is 5.11 Å². The molecule has 1 rings (SSSR count). The van der Waals surface area contributed by atoms with Gasteiger partial charge in [0.2, 0.25) is 5.88 Å². The van der Waals surface area contributed by atoms with Crippen molar-refractivity contribution in [3.63, 3.8) is 0 Å². The summed E-state index contributed by atoms with van der Waals surface area (Å²) in [7, 11) is 1.57. The Kier molecular flexibility index (Phi) is 5.22. The molecule has 0 amide bonds. The number of hydrogen-bond acceptors (Lipinski definition) is 4. The average molecular weight is 224 g/mol. The molecule has 0 spiro atoms. The van der Waals surface area contributed by atoms with Crippen LogP contribution in [0.25, 0.3) is 0 Å². The molecule has 0 radical (unpaired) electrons. The van der Waals surface area contributed by atoms with Crippen LogP contribution in [0.4, 0.5) is 0 Å². The maximum atomic E-state index is 10.1. The lowest BCUT2D eigenvalue weighted by Crippen LogP contribution is -2.22. The van der Waals surface area contributed by atoms with Crippen molar-refractivity contribution < 1.29 is 9.84 Å². The van der Waals surface area contributed by atoms with E-state index in [-0.39, 0.29) is 5.92 Å². The van der Waals surface area contributed by atoms with E-state index in [1.165, 1.54) is 0 Å². The molecule has 0 aliphatic carbocycles. The zero-order valence-electron chi connectivity index (χ0n) is 9.89. The molecule has 3 N–H and O–H groups in total. The molecule has 0 saturated heterocycles. The number of nitrogens with two attached hydrogens (primary N) is 1. The second-order valence-corrected chi connectivity index (χ2v) is 3.86. The van der Waals surface area contributed by atoms with Gasteiger partial charge >= 0.3 is 0 Å². The molecular weight excluding hydrogens is 204 g/mol. The Morgan fingerprint density at radius 2 is 2.25 bits per heavy atom. The Morgan fingerprint density at radius 1 is 1.50 bits per heavy atom. The minimum atomic E-state index is -0.539. The predicted molar refractivity (Wildman–Crippen MR) is 63.2 cm³/mol. The first-order chi connectivity index (χ1) is 7.72. The van der Waals surface area contributed by atoms with Crippen molar-refractivity contribution in [3.8, 4) is 5.88 Å². The molecule has 0 fully saturated rings. The number of aliphatic hydroxyl groups excluding tert-OH is 1. The number of nitrogens with zero attached hydrogens (tertiary/aromatic N) is 1. The fourth-order valence-corrected chi connectivity index (χ4v) is 1.74. The standard InChI is InChI=1S/C12H20N2O2/c1-3-4-9(7-13)12(15)10-5-6-11(16-2)14-8-10/h5-6,8-9,12,15H,3-4,7,13H2,1-2H3. The molecular formula is C12H20N2O2. The Hall–Kier alpha value is -1.13. The van der Waals surface area contributed by atoms with E-state index in [1.807, 2.05) is 6.07 Å². The normalized spacial score (nSPS) is 14.5.